The smallest absolute Gasteiger partial charge is 0.111 e. The van der Waals surface area contributed by atoms with Crippen LogP contribution in [0.3, 0.4) is 0 Å². The van der Waals surface area contributed by atoms with Gasteiger partial charge < -0.3 is 59.8 Å². The van der Waals surface area contributed by atoms with Crippen molar-refractivity contribution in [2.24, 2.45) is 0 Å². The first-order valence-electron chi connectivity index (χ1n) is 19.0. The van der Waals surface area contributed by atoms with Crippen molar-refractivity contribution in [1.82, 2.24) is 0 Å². The van der Waals surface area contributed by atoms with Crippen molar-refractivity contribution in [1.29, 1.82) is 0 Å². The van der Waals surface area contributed by atoms with E-state index in [1.165, 1.54) is 51.4 Å². The van der Waals surface area contributed by atoms with Gasteiger partial charge in [0.15, 0.2) is 0 Å². The van der Waals surface area contributed by atoms with Crippen LogP contribution in [0.4, 0.5) is 0 Å². The summed E-state index contributed by atoms with van der Waals surface area (Å²) in [5.41, 5.74) is 0. The zero-order valence-electron chi connectivity index (χ0n) is 29.7. The van der Waals surface area contributed by atoms with Crippen LogP contribution in [0, 0.1) is 0 Å². The molecular formula is C36H70O12. The van der Waals surface area contributed by atoms with E-state index >= 15 is 0 Å². The van der Waals surface area contributed by atoms with E-state index in [9.17, 15) is 40.9 Å². The van der Waals surface area contributed by atoms with E-state index in [4.69, 9.17) is 18.9 Å². The summed E-state index contributed by atoms with van der Waals surface area (Å²) in [7, 11) is 0. The van der Waals surface area contributed by atoms with E-state index in [0.717, 1.165) is 51.4 Å². The molecule has 2 aliphatic heterocycles. The predicted octanol–water partition coefficient (Wildman–Crippen LogP) is 2.50. The first-order valence-corrected chi connectivity index (χ1v) is 19.0. The van der Waals surface area contributed by atoms with Crippen LogP contribution >= 0.6 is 0 Å². The molecule has 0 spiro atoms. The van der Waals surface area contributed by atoms with Crippen molar-refractivity contribution in [3.8, 4) is 0 Å². The van der Waals surface area contributed by atoms with Crippen molar-refractivity contribution in [3.63, 3.8) is 0 Å². The van der Waals surface area contributed by atoms with Gasteiger partial charge in [-0.25, -0.2) is 0 Å². The Morgan fingerprint density at radius 3 is 1.02 bits per heavy atom. The Balaban J connectivity index is 2.17. The summed E-state index contributed by atoms with van der Waals surface area (Å²) in [5, 5.41) is 82.9. The summed E-state index contributed by atoms with van der Waals surface area (Å²) in [6.07, 6.45) is 3.51. The third kappa shape index (κ3) is 15.0. The second-order valence-electron chi connectivity index (χ2n) is 14.0. The van der Waals surface area contributed by atoms with E-state index in [2.05, 4.69) is 13.8 Å². The van der Waals surface area contributed by atoms with Crippen LogP contribution in [0.5, 0.6) is 0 Å². The lowest BCUT2D eigenvalue weighted by molar-refractivity contribution is -0.247. The summed E-state index contributed by atoms with van der Waals surface area (Å²) in [4.78, 5) is 0. The quantitative estimate of drug-likeness (QED) is 0.0586. The van der Waals surface area contributed by atoms with Crippen molar-refractivity contribution in [2.45, 2.75) is 203 Å². The van der Waals surface area contributed by atoms with Crippen molar-refractivity contribution in [3.05, 3.63) is 0 Å². The molecule has 0 aromatic carbocycles. The average Bonchev–Trinajstić information content (AvgIpc) is 3.09. The second-order valence-corrected chi connectivity index (χ2v) is 14.0. The van der Waals surface area contributed by atoms with Crippen molar-refractivity contribution >= 4 is 0 Å². The number of aliphatic hydroxyl groups excluding tert-OH is 8. The minimum absolute atomic E-state index is 0.0536. The maximum absolute atomic E-state index is 10.9. The molecule has 2 unspecified atom stereocenters. The molecule has 0 radical (unpaired) electrons. The Morgan fingerprint density at radius 1 is 0.417 bits per heavy atom. The Hall–Kier alpha value is -0.480. The lowest BCUT2D eigenvalue weighted by Gasteiger charge is -2.43. The first kappa shape index (κ1) is 43.7. The Kier molecular flexibility index (Phi) is 23.2. The monoisotopic (exact) mass is 694 g/mol. The molecule has 2 saturated heterocycles. The molecule has 2 rings (SSSR count). The highest BCUT2D eigenvalue weighted by atomic mass is 16.6. The topological polar surface area (TPSA) is 199 Å². The molecule has 2 aliphatic rings. The number of hydrogen-bond donors (Lipinski definition) is 8. The van der Waals surface area contributed by atoms with Gasteiger partial charge in [0.2, 0.25) is 0 Å². The molecule has 286 valence electrons. The SMILES string of the molecule is CCCCCCCCCCOC(C[C@@H]1O[C@H](CO)[C@@H](O)[C@H](O)[C@H]1O)C(C[C@@H]1O[C@H](CO)[C@@H](O)[C@H](O)[C@H]1O)OCCCCCCCCCC. The van der Waals surface area contributed by atoms with Gasteiger partial charge in [-0.15, -0.1) is 0 Å². The molecule has 12 atom stereocenters. The lowest BCUT2D eigenvalue weighted by Crippen LogP contribution is -2.60. The molecule has 12 nitrogen and oxygen atoms in total. The number of rotatable bonds is 27. The summed E-state index contributed by atoms with van der Waals surface area (Å²) in [5.74, 6) is 0. The highest BCUT2D eigenvalue weighted by molar-refractivity contribution is 4.96. The molecular weight excluding hydrogens is 624 g/mol. The zero-order valence-corrected chi connectivity index (χ0v) is 29.7. The van der Waals surface area contributed by atoms with E-state index in [-0.39, 0.29) is 12.8 Å². The lowest BCUT2D eigenvalue weighted by atomic mass is 9.88. The maximum Gasteiger partial charge on any atom is 0.111 e. The van der Waals surface area contributed by atoms with E-state index < -0.39 is 86.5 Å². The minimum atomic E-state index is -1.53. The van der Waals surface area contributed by atoms with Crippen LogP contribution in [0.25, 0.3) is 0 Å². The Bertz CT molecular complexity index is 711. The van der Waals surface area contributed by atoms with Gasteiger partial charge in [0, 0.05) is 26.1 Å². The van der Waals surface area contributed by atoms with Crippen LogP contribution in [0.1, 0.15) is 129 Å². The van der Waals surface area contributed by atoms with Crippen molar-refractivity contribution in [2.75, 3.05) is 26.4 Å². The molecule has 0 aromatic rings. The molecule has 0 bridgehead atoms. The molecule has 0 amide bonds. The summed E-state index contributed by atoms with van der Waals surface area (Å²) in [6, 6.07) is 0. The summed E-state index contributed by atoms with van der Waals surface area (Å²) >= 11 is 0. The number of unbranched alkanes of at least 4 members (excludes halogenated alkanes) is 14. The van der Waals surface area contributed by atoms with Gasteiger partial charge in [0.05, 0.1) is 37.6 Å². The first-order chi connectivity index (χ1) is 23.2. The predicted molar refractivity (Wildman–Crippen MR) is 181 cm³/mol. The van der Waals surface area contributed by atoms with E-state index in [1.54, 1.807) is 0 Å². The van der Waals surface area contributed by atoms with E-state index in [0.29, 0.717) is 13.2 Å². The summed E-state index contributed by atoms with van der Waals surface area (Å²) in [6.45, 7) is 4.08. The fraction of sp³-hybridized carbons (Fsp3) is 1.00. The van der Waals surface area contributed by atoms with Crippen LogP contribution in [0.15, 0.2) is 0 Å². The maximum atomic E-state index is 10.9. The second kappa shape index (κ2) is 25.5. The number of hydrogen-bond acceptors (Lipinski definition) is 12. The highest BCUT2D eigenvalue weighted by Crippen LogP contribution is 2.31. The van der Waals surface area contributed by atoms with Gasteiger partial charge >= 0.3 is 0 Å². The van der Waals surface area contributed by atoms with Gasteiger partial charge in [-0.2, -0.15) is 0 Å². The van der Waals surface area contributed by atoms with Gasteiger partial charge in [0.25, 0.3) is 0 Å². The molecule has 0 aromatic heterocycles. The van der Waals surface area contributed by atoms with Gasteiger partial charge in [0.1, 0.15) is 48.8 Å². The zero-order chi connectivity index (χ0) is 35.3. The van der Waals surface area contributed by atoms with Crippen molar-refractivity contribution < 1.29 is 59.8 Å². The fourth-order valence-electron chi connectivity index (χ4n) is 6.80. The largest absolute Gasteiger partial charge is 0.394 e. The molecule has 2 heterocycles. The van der Waals surface area contributed by atoms with Gasteiger partial charge in [-0.1, -0.05) is 104 Å². The van der Waals surface area contributed by atoms with Gasteiger partial charge in [-0.05, 0) is 12.8 Å². The van der Waals surface area contributed by atoms with Crippen LogP contribution in [0.2, 0.25) is 0 Å². The molecule has 2 fully saturated rings. The third-order valence-electron chi connectivity index (χ3n) is 9.99. The van der Waals surface area contributed by atoms with Crippen LogP contribution in [-0.4, -0.2) is 141 Å². The molecule has 48 heavy (non-hydrogen) atoms. The average molecular weight is 695 g/mol. The molecule has 0 aliphatic carbocycles. The third-order valence-corrected chi connectivity index (χ3v) is 9.99. The highest BCUT2D eigenvalue weighted by Gasteiger charge is 2.47. The Morgan fingerprint density at radius 2 is 0.708 bits per heavy atom. The number of ether oxygens (including phenoxy) is 4. The fourth-order valence-corrected chi connectivity index (χ4v) is 6.80. The van der Waals surface area contributed by atoms with Crippen LogP contribution in [-0.2, 0) is 18.9 Å². The Labute approximate surface area is 288 Å². The molecule has 0 saturated carbocycles. The van der Waals surface area contributed by atoms with E-state index in [1.807, 2.05) is 0 Å². The number of aliphatic hydroxyl groups is 8. The minimum Gasteiger partial charge on any atom is -0.394 e. The standard InChI is InChI=1S/C36H70O12/c1-3-5-7-9-11-13-15-17-19-45-25(21-27-31(39)35(43)33(41)29(23-37)47-27)26(46-20-18-16-14-12-10-8-6-4-2)22-28-32(40)36(44)34(42)30(24-38)48-28/h25-44H,3-24H2,1-2H3/t25?,26?,27-,28-,29+,30+,31-,32-,33+,34+,35+,36+/m0/s1. The molecule has 8 N–H and O–H groups in total. The normalized spacial score (nSPS) is 32.4. The summed E-state index contributed by atoms with van der Waals surface area (Å²) < 4.78 is 24.5. The molecule has 12 heteroatoms. The van der Waals surface area contributed by atoms with Gasteiger partial charge in [-0.3, -0.25) is 0 Å². The van der Waals surface area contributed by atoms with Crippen LogP contribution < -0.4 is 0 Å².